The molecule has 3 fully saturated rings. The van der Waals surface area contributed by atoms with Crippen LogP contribution in [0.15, 0.2) is 60.7 Å². The third-order valence-corrected chi connectivity index (χ3v) is 10.1. The molecule has 8 nitrogen and oxygen atoms in total. The zero-order chi connectivity index (χ0) is 28.8. The summed E-state index contributed by atoms with van der Waals surface area (Å²) in [6.45, 7) is 5.23. The summed E-state index contributed by atoms with van der Waals surface area (Å²) >= 11 is 0. The van der Waals surface area contributed by atoms with Crippen LogP contribution in [0.4, 0.5) is 10.1 Å². The van der Waals surface area contributed by atoms with Gasteiger partial charge >= 0.3 is 5.97 Å². The summed E-state index contributed by atoms with van der Waals surface area (Å²) in [4.78, 5) is 13.6. The molecule has 1 aliphatic carbocycles. The van der Waals surface area contributed by atoms with Gasteiger partial charge in [0, 0.05) is 25.2 Å². The van der Waals surface area contributed by atoms with Crippen molar-refractivity contribution in [2.75, 3.05) is 30.5 Å². The van der Waals surface area contributed by atoms with Gasteiger partial charge in [-0.05, 0) is 104 Å². The standard InChI is InChI=1S/C31H36FN3O5S/c1-2-40-29-18-28(22-5-9-25(32)10-6-22)27(21-3-4-21)17-24(29)19-34-15-13-31(14-16-34)20-35(41(38,39)33-31)26-11-7-23(8-12-26)30(36)37/h5-12,17-18,21,33,38-39H,2-4,13-16,19-20H2,1H3,(H,36,37). The highest BCUT2D eigenvalue weighted by Crippen LogP contribution is 2.53. The Labute approximate surface area is 241 Å². The number of aromatic carboxylic acids is 1. The lowest BCUT2D eigenvalue weighted by atomic mass is 9.88. The molecule has 2 saturated heterocycles. The second-order valence-electron chi connectivity index (χ2n) is 11.3. The molecule has 10 heteroatoms. The number of benzene rings is 3. The zero-order valence-electron chi connectivity index (χ0n) is 23.1. The smallest absolute Gasteiger partial charge is 0.335 e. The monoisotopic (exact) mass is 581 g/mol. The van der Waals surface area contributed by atoms with Gasteiger partial charge in [-0.2, -0.15) is 4.72 Å². The number of halogens is 1. The summed E-state index contributed by atoms with van der Waals surface area (Å²) in [7, 11) is -3.24. The van der Waals surface area contributed by atoms with Gasteiger partial charge in [-0.1, -0.05) is 23.1 Å². The molecule has 6 rings (SSSR count). The predicted molar refractivity (Wildman–Crippen MR) is 159 cm³/mol. The van der Waals surface area contributed by atoms with Crippen molar-refractivity contribution < 1.29 is 28.1 Å². The van der Waals surface area contributed by atoms with E-state index in [1.165, 1.54) is 29.8 Å². The molecule has 3 aromatic carbocycles. The van der Waals surface area contributed by atoms with Crippen LogP contribution < -0.4 is 13.8 Å². The zero-order valence-corrected chi connectivity index (χ0v) is 23.9. The Morgan fingerprint density at radius 1 is 1.07 bits per heavy atom. The third-order valence-electron chi connectivity index (χ3n) is 8.42. The number of carboxylic acids is 1. The van der Waals surface area contributed by atoms with Gasteiger partial charge < -0.3 is 9.84 Å². The summed E-state index contributed by atoms with van der Waals surface area (Å²) in [5, 5.41) is 9.20. The van der Waals surface area contributed by atoms with E-state index >= 15 is 0 Å². The molecule has 0 aromatic heterocycles. The Kier molecular flexibility index (Phi) is 7.46. The molecule has 4 N–H and O–H groups in total. The van der Waals surface area contributed by atoms with E-state index in [0.717, 1.165) is 67.8 Å². The lowest BCUT2D eigenvalue weighted by Crippen LogP contribution is -2.51. The fraction of sp³-hybridized carbons (Fsp3) is 0.387. The van der Waals surface area contributed by atoms with Gasteiger partial charge in [0.05, 0.1) is 29.9 Å². The Bertz CT molecular complexity index is 1420. The minimum Gasteiger partial charge on any atom is -0.494 e. The summed E-state index contributed by atoms with van der Waals surface area (Å²) in [5.74, 6) is 0.0926. The number of hydrogen-bond donors (Lipinski definition) is 4. The van der Waals surface area contributed by atoms with Crippen LogP contribution in [0.1, 0.15) is 60.0 Å². The molecule has 0 atom stereocenters. The van der Waals surface area contributed by atoms with Crippen LogP contribution in [0.3, 0.4) is 0 Å². The quantitative estimate of drug-likeness (QED) is 0.239. The van der Waals surface area contributed by atoms with E-state index in [9.17, 15) is 23.4 Å². The van der Waals surface area contributed by atoms with E-state index in [2.05, 4.69) is 21.8 Å². The summed E-state index contributed by atoms with van der Waals surface area (Å²) in [5.41, 5.74) is 4.82. The molecule has 41 heavy (non-hydrogen) atoms. The van der Waals surface area contributed by atoms with Crippen LogP contribution in [-0.4, -0.2) is 56.9 Å². The largest absolute Gasteiger partial charge is 0.494 e. The number of piperidine rings is 1. The lowest BCUT2D eigenvalue weighted by molar-refractivity contribution is 0.0697. The van der Waals surface area contributed by atoms with E-state index in [0.29, 0.717) is 24.8 Å². The van der Waals surface area contributed by atoms with Crippen molar-refractivity contribution in [3.05, 3.63) is 83.2 Å². The lowest BCUT2D eigenvalue weighted by Gasteiger charge is -2.40. The van der Waals surface area contributed by atoms with Gasteiger partial charge in [0.2, 0.25) is 0 Å². The van der Waals surface area contributed by atoms with Crippen molar-refractivity contribution in [1.82, 2.24) is 9.62 Å². The van der Waals surface area contributed by atoms with E-state index in [4.69, 9.17) is 4.74 Å². The highest BCUT2D eigenvalue weighted by atomic mass is 32.3. The van der Waals surface area contributed by atoms with E-state index in [1.807, 2.05) is 19.1 Å². The minimum atomic E-state index is -3.24. The number of likely N-dealkylation sites (tertiary alicyclic amines) is 1. The number of ether oxygens (including phenoxy) is 1. The second-order valence-corrected chi connectivity index (χ2v) is 13.0. The summed E-state index contributed by atoms with van der Waals surface area (Å²) < 4.78 is 46.2. The molecule has 218 valence electrons. The Balaban J connectivity index is 1.18. The Hall–Kier alpha value is -3.15. The second kappa shape index (κ2) is 10.9. The first-order valence-electron chi connectivity index (χ1n) is 14.1. The molecule has 0 unspecified atom stereocenters. The average molecular weight is 582 g/mol. The molecule has 3 aliphatic rings. The normalized spacial score (nSPS) is 20.7. The maximum atomic E-state index is 13.6. The highest BCUT2D eigenvalue weighted by molar-refractivity contribution is 8.24. The van der Waals surface area contributed by atoms with Gasteiger partial charge in [-0.15, -0.1) is 0 Å². The van der Waals surface area contributed by atoms with Gasteiger partial charge in [-0.25, -0.2) is 9.18 Å². The Morgan fingerprint density at radius 3 is 2.37 bits per heavy atom. The van der Waals surface area contributed by atoms with Crippen LogP contribution in [-0.2, 0) is 6.54 Å². The fourth-order valence-corrected chi connectivity index (χ4v) is 7.86. The first-order chi connectivity index (χ1) is 19.7. The highest BCUT2D eigenvalue weighted by Gasteiger charge is 2.48. The van der Waals surface area contributed by atoms with Gasteiger partial charge in [0.25, 0.3) is 0 Å². The summed E-state index contributed by atoms with van der Waals surface area (Å²) in [6.07, 6.45) is 3.78. The maximum absolute atomic E-state index is 13.6. The number of nitrogens with zero attached hydrogens (tertiary/aromatic N) is 2. The number of carbonyl (C=O) groups is 1. The molecule has 2 heterocycles. The number of anilines is 1. The van der Waals surface area contributed by atoms with Crippen LogP contribution in [0.5, 0.6) is 5.75 Å². The molecule has 0 bridgehead atoms. The van der Waals surface area contributed by atoms with E-state index in [-0.39, 0.29) is 11.4 Å². The van der Waals surface area contributed by atoms with Crippen LogP contribution in [0.25, 0.3) is 11.1 Å². The maximum Gasteiger partial charge on any atom is 0.335 e. The topological polar surface area (TPSA) is 106 Å². The van der Waals surface area contributed by atoms with Crippen LogP contribution >= 0.6 is 11.0 Å². The van der Waals surface area contributed by atoms with Gasteiger partial charge in [0.15, 0.2) is 0 Å². The molecule has 0 radical (unpaired) electrons. The molecular formula is C31H36FN3O5S. The molecule has 2 aliphatic heterocycles. The molecular weight excluding hydrogens is 545 g/mol. The van der Waals surface area contributed by atoms with E-state index in [1.54, 1.807) is 16.4 Å². The van der Waals surface area contributed by atoms with Crippen molar-refractivity contribution in [3.8, 4) is 16.9 Å². The fourth-order valence-electron chi connectivity index (χ4n) is 6.06. The van der Waals surface area contributed by atoms with Crippen molar-refractivity contribution in [3.63, 3.8) is 0 Å². The Morgan fingerprint density at radius 2 is 1.76 bits per heavy atom. The third kappa shape index (κ3) is 5.80. The van der Waals surface area contributed by atoms with Crippen molar-refractivity contribution >= 4 is 22.6 Å². The minimum absolute atomic E-state index is 0.155. The van der Waals surface area contributed by atoms with Gasteiger partial charge in [-0.3, -0.25) is 18.3 Å². The van der Waals surface area contributed by atoms with Crippen molar-refractivity contribution in [1.29, 1.82) is 0 Å². The first kappa shape index (κ1) is 28.0. The number of nitrogens with one attached hydrogen (secondary N) is 1. The first-order valence-corrected chi connectivity index (χ1v) is 15.6. The SMILES string of the molecule is CCOc1cc(-c2ccc(F)cc2)c(C2CC2)cc1CN1CCC2(CC1)CN(c1ccc(C(=O)O)cc1)S(O)(O)N2. The van der Waals surface area contributed by atoms with Crippen LogP contribution in [0, 0.1) is 5.82 Å². The average Bonchev–Trinajstić information content (AvgIpc) is 3.76. The van der Waals surface area contributed by atoms with E-state index < -0.39 is 22.5 Å². The number of rotatable bonds is 8. The summed E-state index contributed by atoms with van der Waals surface area (Å²) in [6, 6.07) is 17.3. The van der Waals surface area contributed by atoms with Crippen molar-refractivity contribution in [2.24, 2.45) is 0 Å². The number of carboxylic acid groups (broad SMARTS) is 1. The van der Waals surface area contributed by atoms with Gasteiger partial charge in [0.1, 0.15) is 11.6 Å². The molecule has 1 spiro atoms. The number of hydrogen-bond acceptors (Lipinski definition) is 7. The van der Waals surface area contributed by atoms with Crippen molar-refractivity contribution in [2.45, 2.75) is 50.6 Å². The van der Waals surface area contributed by atoms with Crippen LogP contribution in [0.2, 0.25) is 0 Å². The molecule has 3 aromatic rings. The molecule has 0 amide bonds. The molecule has 1 saturated carbocycles. The predicted octanol–water partition coefficient (Wildman–Crippen LogP) is 6.49.